The third kappa shape index (κ3) is 2.65. The Balaban J connectivity index is 2.72. The van der Waals surface area contributed by atoms with Crippen LogP contribution in [0.5, 0.6) is 5.75 Å². The molecule has 0 fully saturated rings. The molecule has 20 heavy (non-hydrogen) atoms. The van der Waals surface area contributed by atoms with Crippen molar-refractivity contribution in [2.75, 3.05) is 12.8 Å². The first-order chi connectivity index (χ1) is 9.58. The van der Waals surface area contributed by atoms with Gasteiger partial charge in [0.05, 0.1) is 18.5 Å². The molecule has 0 saturated carbocycles. The van der Waals surface area contributed by atoms with Gasteiger partial charge in [-0.1, -0.05) is 18.5 Å². The molecule has 106 valence electrons. The Hall–Kier alpha value is -1.94. The van der Waals surface area contributed by atoms with Gasteiger partial charge in [-0.05, 0) is 36.8 Å². The monoisotopic (exact) mass is 292 g/mol. The average Bonchev–Trinajstić information content (AvgIpc) is 2.44. The molecule has 2 N–H and O–H groups in total. The molecular weight excluding hydrogens is 276 g/mol. The van der Waals surface area contributed by atoms with E-state index < -0.39 is 0 Å². The lowest BCUT2D eigenvalue weighted by molar-refractivity contribution is 0.416. The number of aromatic nitrogens is 1. The normalized spacial score (nSPS) is 10.6. The number of hydrogen-bond acceptors (Lipinski definition) is 3. The number of hydrogen-bond donors (Lipinski definition) is 1. The van der Waals surface area contributed by atoms with Gasteiger partial charge in [0.2, 0.25) is 0 Å². The van der Waals surface area contributed by atoms with Crippen molar-refractivity contribution >= 4 is 17.3 Å². The van der Waals surface area contributed by atoms with Crippen molar-refractivity contribution in [2.24, 2.45) is 0 Å². The van der Waals surface area contributed by atoms with E-state index in [0.29, 0.717) is 17.3 Å². The lowest BCUT2D eigenvalue weighted by Gasteiger charge is -2.15. The second kappa shape index (κ2) is 6.01. The molecule has 0 amide bonds. The van der Waals surface area contributed by atoms with Gasteiger partial charge < -0.3 is 15.0 Å². The minimum atomic E-state index is -0.189. The van der Waals surface area contributed by atoms with Crippen LogP contribution in [0.1, 0.15) is 13.3 Å². The molecule has 0 aliphatic rings. The van der Waals surface area contributed by atoms with Crippen LogP contribution in [0.4, 0.5) is 5.69 Å². The largest absolute Gasteiger partial charge is 0.496 e. The number of methoxy groups -OCH3 is 1. The standard InChI is InChI=1S/C15H17ClN2O2/c1-3-8-18-13(6-5-12(17)15(18)19)11-9-10(16)4-7-14(11)20-2/h4-7,9H,3,8,17H2,1-2H3. The van der Waals surface area contributed by atoms with Crippen LogP contribution >= 0.6 is 11.6 Å². The van der Waals surface area contributed by atoms with Crippen molar-refractivity contribution in [3.8, 4) is 17.0 Å². The van der Waals surface area contributed by atoms with Crippen LogP contribution in [0.2, 0.25) is 5.02 Å². The molecule has 0 aliphatic heterocycles. The molecular formula is C15H17ClN2O2. The molecule has 0 atom stereocenters. The Morgan fingerprint density at radius 1 is 1.30 bits per heavy atom. The highest BCUT2D eigenvalue weighted by Gasteiger charge is 2.13. The number of nitrogens with zero attached hydrogens (tertiary/aromatic N) is 1. The van der Waals surface area contributed by atoms with Crippen molar-refractivity contribution in [3.05, 3.63) is 45.7 Å². The predicted molar refractivity (Wildman–Crippen MR) is 82.4 cm³/mol. The Morgan fingerprint density at radius 2 is 2.05 bits per heavy atom. The molecule has 1 aromatic heterocycles. The van der Waals surface area contributed by atoms with E-state index in [0.717, 1.165) is 17.7 Å². The van der Waals surface area contributed by atoms with Crippen molar-refractivity contribution < 1.29 is 4.74 Å². The highest BCUT2D eigenvalue weighted by atomic mass is 35.5. The first-order valence-electron chi connectivity index (χ1n) is 6.41. The van der Waals surface area contributed by atoms with E-state index in [1.165, 1.54) is 0 Å². The number of benzene rings is 1. The zero-order chi connectivity index (χ0) is 14.7. The summed E-state index contributed by atoms with van der Waals surface area (Å²) in [5.74, 6) is 0.670. The van der Waals surface area contributed by atoms with Gasteiger partial charge >= 0.3 is 0 Å². The van der Waals surface area contributed by atoms with Gasteiger partial charge in [-0.15, -0.1) is 0 Å². The summed E-state index contributed by atoms with van der Waals surface area (Å²) in [6.07, 6.45) is 0.833. The van der Waals surface area contributed by atoms with Crippen LogP contribution in [0, 0.1) is 0 Å². The number of nitrogen functional groups attached to an aromatic ring is 1. The summed E-state index contributed by atoms with van der Waals surface area (Å²) in [6, 6.07) is 8.76. The van der Waals surface area contributed by atoms with Gasteiger partial charge in [-0.2, -0.15) is 0 Å². The summed E-state index contributed by atoms with van der Waals surface area (Å²) in [5.41, 5.74) is 7.30. The van der Waals surface area contributed by atoms with Crippen LogP contribution in [-0.4, -0.2) is 11.7 Å². The number of pyridine rings is 1. The molecule has 0 bridgehead atoms. The number of anilines is 1. The van der Waals surface area contributed by atoms with Gasteiger partial charge in [-0.25, -0.2) is 0 Å². The van der Waals surface area contributed by atoms with Gasteiger partial charge in [0.15, 0.2) is 0 Å². The molecule has 1 aromatic carbocycles. The minimum Gasteiger partial charge on any atom is -0.496 e. The summed E-state index contributed by atoms with van der Waals surface area (Å²) in [5, 5.41) is 0.591. The van der Waals surface area contributed by atoms with Gasteiger partial charge in [0.1, 0.15) is 5.75 Å². The molecule has 5 heteroatoms. The molecule has 1 heterocycles. The van der Waals surface area contributed by atoms with Gasteiger partial charge in [0.25, 0.3) is 5.56 Å². The fourth-order valence-corrected chi connectivity index (χ4v) is 2.33. The molecule has 0 aliphatic carbocycles. The fraction of sp³-hybridized carbons (Fsp3) is 0.267. The number of rotatable bonds is 4. The molecule has 0 spiro atoms. The molecule has 0 radical (unpaired) electrons. The lowest BCUT2D eigenvalue weighted by Crippen LogP contribution is -2.24. The smallest absolute Gasteiger partial charge is 0.274 e. The lowest BCUT2D eigenvalue weighted by atomic mass is 10.1. The summed E-state index contributed by atoms with van der Waals surface area (Å²) in [7, 11) is 1.59. The number of halogens is 1. The predicted octanol–water partition coefficient (Wildman–Crippen LogP) is 3.17. The van der Waals surface area contributed by atoms with Crippen LogP contribution < -0.4 is 16.0 Å². The van der Waals surface area contributed by atoms with Crippen LogP contribution in [-0.2, 0) is 6.54 Å². The highest BCUT2D eigenvalue weighted by Crippen LogP contribution is 2.32. The second-order valence-electron chi connectivity index (χ2n) is 4.48. The molecule has 2 aromatic rings. The topological polar surface area (TPSA) is 57.2 Å². The van der Waals surface area contributed by atoms with Crippen LogP contribution in [0.15, 0.2) is 35.1 Å². The van der Waals surface area contributed by atoms with Crippen LogP contribution in [0.25, 0.3) is 11.3 Å². The number of nitrogens with two attached hydrogens (primary N) is 1. The van der Waals surface area contributed by atoms with E-state index in [-0.39, 0.29) is 11.2 Å². The Labute approximate surface area is 122 Å². The van der Waals surface area contributed by atoms with E-state index in [1.807, 2.05) is 13.0 Å². The summed E-state index contributed by atoms with van der Waals surface area (Å²) in [4.78, 5) is 12.2. The van der Waals surface area contributed by atoms with E-state index in [1.54, 1.807) is 35.9 Å². The average molecular weight is 293 g/mol. The van der Waals surface area contributed by atoms with Crippen molar-refractivity contribution in [1.29, 1.82) is 0 Å². The van der Waals surface area contributed by atoms with E-state index in [2.05, 4.69) is 0 Å². The second-order valence-corrected chi connectivity index (χ2v) is 4.91. The van der Waals surface area contributed by atoms with Crippen molar-refractivity contribution in [1.82, 2.24) is 4.57 Å². The zero-order valence-electron chi connectivity index (χ0n) is 11.5. The zero-order valence-corrected chi connectivity index (χ0v) is 12.3. The summed E-state index contributed by atoms with van der Waals surface area (Å²) < 4.78 is 7.01. The maximum atomic E-state index is 12.2. The van der Waals surface area contributed by atoms with Crippen molar-refractivity contribution in [3.63, 3.8) is 0 Å². The summed E-state index contributed by atoms with van der Waals surface area (Å²) >= 11 is 6.06. The Kier molecular flexibility index (Phi) is 4.35. The number of ether oxygens (including phenoxy) is 1. The van der Waals surface area contributed by atoms with E-state index in [9.17, 15) is 4.79 Å². The Bertz CT molecular complexity index is 680. The minimum absolute atomic E-state index is 0.189. The maximum Gasteiger partial charge on any atom is 0.274 e. The van der Waals surface area contributed by atoms with Crippen LogP contribution in [0.3, 0.4) is 0 Å². The van der Waals surface area contributed by atoms with E-state index >= 15 is 0 Å². The Morgan fingerprint density at radius 3 is 2.70 bits per heavy atom. The SMILES string of the molecule is CCCn1c(-c2cc(Cl)ccc2OC)ccc(N)c1=O. The van der Waals surface area contributed by atoms with Gasteiger partial charge in [0, 0.05) is 17.1 Å². The highest BCUT2D eigenvalue weighted by molar-refractivity contribution is 6.30. The first-order valence-corrected chi connectivity index (χ1v) is 6.79. The van der Waals surface area contributed by atoms with E-state index in [4.69, 9.17) is 22.1 Å². The fourth-order valence-electron chi connectivity index (χ4n) is 2.16. The maximum absolute atomic E-state index is 12.2. The molecule has 0 unspecified atom stereocenters. The summed E-state index contributed by atoms with van der Waals surface area (Å²) in [6.45, 7) is 2.60. The third-order valence-corrected chi connectivity index (χ3v) is 3.32. The van der Waals surface area contributed by atoms with Gasteiger partial charge in [-0.3, -0.25) is 4.79 Å². The molecule has 2 rings (SSSR count). The molecule has 0 saturated heterocycles. The first kappa shape index (κ1) is 14.5. The third-order valence-electron chi connectivity index (χ3n) is 3.09. The quantitative estimate of drug-likeness (QED) is 0.941. The molecule has 4 nitrogen and oxygen atoms in total. The van der Waals surface area contributed by atoms with Crippen molar-refractivity contribution in [2.45, 2.75) is 19.9 Å².